The second-order valence-electron chi connectivity index (χ2n) is 7.31. The van der Waals surface area contributed by atoms with Crippen molar-refractivity contribution in [1.29, 1.82) is 0 Å². The van der Waals surface area contributed by atoms with Crippen LogP contribution in [0.15, 0.2) is 70.3 Å². The van der Waals surface area contributed by atoms with Crippen LogP contribution < -0.4 is 15.6 Å². The molecule has 4 aromatic rings. The number of aromatic nitrogens is 4. The van der Waals surface area contributed by atoms with Gasteiger partial charge in [0.25, 0.3) is 11.5 Å². The van der Waals surface area contributed by atoms with E-state index in [4.69, 9.17) is 4.74 Å². The molecule has 0 radical (unpaired) electrons. The van der Waals surface area contributed by atoms with Crippen LogP contribution in [-0.4, -0.2) is 38.4 Å². The molecule has 1 amide bonds. The Labute approximate surface area is 193 Å². The highest BCUT2D eigenvalue weighted by atomic mass is 79.9. The van der Waals surface area contributed by atoms with Crippen LogP contribution >= 0.6 is 15.9 Å². The Hall–Kier alpha value is -3.46. The zero-order valence-corrected chi connectivity index (χ0v) is 19.1. The van der Waals surface area contributed by atoms with Gasteiger partial charge in [-0.15, -0.1) is 0 Å². The van der Waals surface area contributed by atoms with Crippen LogP contribution in [0.5, 0.6) is 5.75 Å². The lowest BCUT2D eigenvalue weighted by Crippen LogP contribution is -2.32. The predicted molar refractivity (Wildman–Crippen MR) is 125 cm³/mol. The molecule has 0 aliphatic heterocycles. The average Bonchev–Trinajstić information content (AvgIpc) is 3.20. The molecule has 0 aliphatic rings. The largest absolute Gasteiger partial charge is 0.484 e. The minimum atomic E-state index is -0.227. The Morgan fingerprint density at radius 1 is 1.16 bits per heavy atom. The van der Waals surface area contributed by atoms with Gasteiger partial charge in [0.2, 0.25) is 0 Å². The molecule has 2 heterocycles. The van der Waals surface area contributed by atoms with E-state index in [1.807, 2.05) is 55.5 Å². The van der Waals surface area contributed by atoms with E-state index < -0.39 is 0 Å². The number of para-hydroxylation sites is 1. The molecule has 2 aromatic carbocycles. The minimum absolute atomic E-state index is 0.0658. The summed E-state index contributed by atoms with van der Waals surface area (Å²) in [6.07, 6.45) is 3.05. The number of benzene rings is 2. The lowest BCUT2D eigenvalue weighted by atomic mass is 10.2. The molecule has 0 unspecified atom stereocenters. The molecule has 0 atom stereocenters. The molecule has 0 bridgehead atoms. The first-order valence-corrected chi connectivity index (χ1v) is 10.9. The summed E-state index contributed by atoms with van der Waals surface area (Å²) in [7, 11) is 0. The summed E-state index contributed by atoms with van der Waals surface area (Å²) in [5.41, 5.74) is 2.31. The van der Waals surface area contributed by atoms with Gasteiger partial charge in [-0.2, -0.15) is 5.10 Å². The highest BCUT2D eigenvalue weighted by molar-refractivity contribution is 9.10. The number of halogens is 1. The summed E-state index contributed by atoms with van der Waals surface area (Å²) >= 11 is 3.41. The van der Waals surface area contributed by atoms with Crippen molar-refractivity contribution < 1.29 is 9.53 Å². The van der Waals surface area contributed by atoms with Gasteiger partial charge >= 0.3 is 0 Å². The van der Waals surface area contributed by atoms with Gasteiger partial charge in [-0.1, -0.05) is 46.3 Å². The van der Waals surface area contributed by atoms with Gasteiger partial charge in [0.1, 0.15) is 17.5 Å². The number of nitrogens with one attached hydrogen (secondary N) is 1. The van der Waals surface area contributed by atoms with Crippen molar-refractivity contribution in [3.05, 3.63) is 87.0 Å². The monoisotopic (exact) mass is 495 g/mol. The fraction of sp³-hybridized carbons (Fsp3) is 0.217. The van der Waals surface area contributed by atoms with E-state index in [1.54, 1.807) is 9.25 Å². The molecule has 9 heteroatoms. The number of fused-ring (bicyclic) bond motifs is 1. The van der Waals surface area contributed by atoms with Crippen molar-refractivity contribution in [2.75, 3.05) is 13.2 Å². The van der Waals surface area contributed by atoms with E-state index in [0.29, 0.717) is 36.4 Å². The Morgan fingerprint density at radius 3 is 2.72 bits per heavy atom. The molecule has 32 heavy (non-hydrogen) atoms. The Bertz CT molecular complexity index is 1300. The number of carbonyl (C=O) groups excluding carboxylic acids is 1. The van der Waals surface area contributed by atoms with E-state index in [9.17, 15) is 9.59 Å². The number of rotatable bonds is 8. The zero-order chi connectivity index (χ0) is 22.5. The van der Waals surface area contributed by atoms with Crippen LogP contribution in [0, 0.1) is 6.92 Å². The third-order valence-electron chi connectivity index (χ3n) is 4.99. The van der Waals surface area contributed by atoms with E-state index in [1.165, 1.54) is 12.5 Å². The number of ether oxygens (including phenoxy) is 1. The Kier molecular flexibility index (Phi) is 6.65. The van der Waals surface area contributed by atoms with Gasteiger partial charge in [0.05, 0.1) is 19.3 Å². The highest BCUT2D eigenvalue weighted by Crippen LogP contribution is 2.15. The molecule has 0 fully saturated rings. The third kappa shape index (κ3) is 5.05. The van der Waals surface area contributed by atoms with Crippen LogP contribution in [0.2, 0.25) is 0 Å². The van der Waals surface area contributed by atoms with Gasteiger partial charge in [-0.3, -0.25) is 14.2 Å². The number of hydrogen-bond acceptors (Lipinski definition) is 5. The fourth-order valence-corrected chi connectivity index (χ4v) is 3.54. The maximum Gasteiger partial charge on any atom is 0.264 e. The van der Waals surface area contributed by atoms with Crippen molar-refractivity contribution in [3.8, 4) is 5.75 Å². The molecular formula is C23H22BrN5O3. The van der Waals surface area contributed by atoms with Crippen LogP contribution in [0.25, 0.3) is 11.0 Å². The highest BCUT2D eigenvalue weighted by Gasteiger charge is 2.11. The SMILES string of the molecule is Cc1ccccc1OCC(=O)NCCn1ncc2c(=O)n(Cc3ccc(Br)cc3)cnc21. The average molecular weight is 496 g/mol. The van der Waals surface area contributed by atoms with Crippen LogP contribution in [0.1, 0.15) is 11.1 Å². The van der Waals surface area contributed by atoms with E-state index in [0.717, 1.165) is 15.6 Å². The molecule has 0 spiro atoms. The Balaban J connectivity index is 1.35. The first kappa shape index (κ1) is 21.8. The van der Waals surface area contributed by atoms with Gasteiger partial charge in [0.15, 0.2) is 12.3 Å². The number of aryl methyl sites for hydroxylation is 1. The third-order valence-corrected chi connectivity index (χ3v) is 5.52. The first-order valence-electron chi connectivity index (χ1n) is 10.1. The second-order valence-corrected chi connectivity index (χ2v) is 8.23. The number of nitrogens with zero attached hydrogens (tertiary/aromatic N) is 4. The van der Waals surface area contributed by atoms with Crippen LogP contribution in [-0.2, 0) is 17.9 Å². The lowest BCUT2D eigenvalue weighted by Gasteiger charge is -2.10. The predicted octanol–water partition coefficient (Wildman–Crippen LogP) is 2.91. The smallest absolute Gasteiger partial charge is 0.264 e. The number of carbonyl (C=O) groups is 1. The van der Waals surface area contributed by atoms with Crippen molar-refractivity contribution in [2.24, 2.45) is 0 Å². The lowest BCUT2D eigenvalue weighted by molar-refractivity contribution is -0.123. The van der Waals surface area contributed by atoms with Gasteiger partial charge in [-0.05, 0) is 36.2 Å². The second kappa shape index (κ2) is 9.78. The maximum atomic E-state index is 12.8. The topological polar surface area (TPSA) is 91.0 Å². The van der Waals surface area contributed by atoms with Crippen molar-refractivity contribution in [3.63, 3.8) is 0 Å². The van der Waals surface area contributed by atoms with Gasteiger partial charge < -0.3 is 10.1 Å². The molecule has 1 N–H and O–H groups in total. The number of amides is 1. The molecular weight excluding hydrogens is 474 g/mol. The summed E-state index contributed by atoms with van der Waals surface area (Å²) in [5, 5.41) is 7.51. The van der Waals surface area contributed by atoms with Crippen molar-refractivity contribution in [2.45, 2.75) is 20.0 Å². The van der Waals surface area contributed by atoms with Crippen molar-refractivity contribution >= 4 is 32.9 Å². The van der Waals surface area contributed by atoms with E-state index >= 15 is 0 Å². The molecule has 164 valence electrons. The van der Waals surface area contributed by atoms with E-state index in [2.05, 4.69) is 31.3 Å². The molecule has 8 nitrogen and oxygen atoms in total. The first-order chi connectivity index (χ1) is 15.5. The van der Waals surface area contributed by atoms with Gasteiger partial charge in [0, 0.05) is 11.0 Å². The molecule has 0 saturated carbocycles. The van der Waals surface area contributed by atoms with Crippen molar-refractivity contribution in [1.82, 2.24) is 24.6 Å². The molecule has 0 saturated heterocycles. The summed E-state index contributed by atoms with van der Waals surface area (Å²) < 4.78 is 9.70. The van der Waals surface area contributed by atoms with E-state index in [-0.39, 0.29) is 18.1 Å². The zero-order valence-electron chi connectivity index (χ0n) is 17.5. The minimum Gasteiger partial charge on any atom is -0.484 e. The van der Waals surface area contributed by atoms with Crippen LogP contribution in [0.4, 0.5) is 0 Å². The van der Waals surface area contributed by atoms with Crippen LogP contribution in [0.3, 0.4) is 0 Å². The van der Waals surface area contributed by atoms with Gasteiger partial charge in [-0.25, -0.2) is 9.67 Å². The fourth-order valence-electron chi connectivity index (χ4n) is 3.27. The standard InChI is InChI=1S/C23H22BrN5O3/c1-16-4-2-3-5-20(16)32-14-21(30)25-10-11-29-22-19(12-27-29)23(31)28(15-26-22)13-17-6-8-18(24)9-7-17/h2-9,12,15H,10-11,13-14H2,1H3,(H,25,30). The molecule has 4 rings (SSSR count). The molecule has 2 aromatic heterocycles. The summed E-state index contributed by atoms with van der Waals surface area (Å²) in [6.45, 7) is 3.02. The molecule has 0 aliphatic carbocycles. The maximum absolute atomic E-state index is 12.8. The number of hydrogen-bond donors (Lipinski definition) is 1. The Morgan fingerprint density at radius 2 is 1.94 bits per heavy atom. The summed E-state index contributed by atoms with van der Waals surface area (Å²) in [6, 6.07) is 15.3. The quantitative estimate of drug-likeness (QED) is 0.405. The summed E-state index contributed by atoms with van der Waals surface area (Å²) in [4.78, 5) is 29.3. The summed E-state index contributed by atoms with van der Waals surface area (Å²) in [5.74, 6) is 0.457. The normalized spacial score (nSPS) is 10.9.